The summed E-state index contributed by atoms with van der Waals surface area (Å²) in [4.78, 5) is 29.3. The quantitative estimate of drug-likeness (QED) is 0.321. The summed E-state index contributed by atoms with van der Waals surface area (Å²) in [6.07, 6.45) is 7.37. The average molecular weight is 471 g/mol. The molecule has 3 aromatic rings. The van der Waals surface area contributed by atoms with E-state index in [1.165, 1.54) is 32.4 Å². The number of nitrogens with zero attached hydrogens (tertiary/aromatic N) is 4. The molecule has 9 nitrogen and oxygen atoms in total. The van der Waals surface area contributed by atoms with Crippen LogP contribution >= 0.6 is 7.60 Å². The fourth-order valence-corrected chi connectivity index (χ4v) is 5.37. The van der Waals surface area contributed by atoms with Gasteiger partial charge in [-0.1, -0.05) is 12.1 Å². The molecule has 2 aromatic heterocycles. The minimum absolute atomic E-state index is 0.186. The highest BCUT2D eigenvalue weighted by molar-refractivity contribution is 7.51. The van der Waals surface area contributed by atoms with Crippen LogP contribution in [0.4, 0.5) is 5.82 Å². The molecular formula is C23H30N5O4P. The van der Waals surface area contributed by atoms with Crippen LogP contribution < -0.4 is 10.5 Å². The summed E-state index contributed by atoms with van der Waals surface area (Å²) < 4.78 is 19.0. The van der Waals surface area contributed by atoms with Gasteiger partial charge >= 0.3 is 7.60 Å². The van der Waals surface area contributed by atoms with E-state index < -0.39 is 7.60 Å². The summed E-state index contributed by atoms with van der Waals surface area (Å²) in [6.45, 7) is 3.90. The number of hydrogen-bond acceptors (Lipinski definition) is 6. The highest BCUT2D eigenvalue weighted by atomic mass is 31.2. The first-order valence-corrected chi connectivity index (χ1v) is 13.3. The molecule has 0 atom stereocenters. The topological polar surface area (TPSA) is 127 Å². The number of ether oxygens (including phenoxy) is 1. The highest BCUT2D eigenvalue weighted by Gasteiger charge is 2.34. The van der Waals surface area contributed by atoms with Crippen LogP contribution in [-0.2, 0) is 4.57 Å². The molecule has 1 aromatic carbocycles. The molecule has 2 aliphatic rings. The Balaban J connectivity index is 1.36. The van der Waals surface area contributed by atoms with Gasteiger partial charge in [-0.05, 0) is 62.4 Å². The van der Waals surface area contributed by atoms with Gasteiger partial charge in [0.05, 0.1) is 18.2 Å². The number of rotatable bonds is 9. The Morgan fingerprint density at radius 2 is 2.03 bits per heavy atom. The van der Waals surface area contributed by atoms with Crippen molar-refractivity contribution in [3.05, 3.63) is 36.8 Å². The smallest absolute Gasteiger partial charge is 0.325 e. The van der Waals surface area contributed by atoms with E-state index in [0.717, 1.165) is 40.9 Å². The molecule has 10 heteroatoms. The van der Waals surface area contributed by atoms with Crippen LogP contribution in [0.25, 0.3) is 22.2 Å². The summed E-state index contributed by atoms with van der Waals surface area (Å²) in [5.41, 5.74) is 9.06. The van der Waals surface area contributed by atoms with E-state index in [1.807, 2.05) is 24.3 Å². The molecule has 1 aliphatic carbocycles. The molecule has 0 amide bonds. The maximum absolute atomic E-state index is 11.0. The highest BCUT2D eigenvalue weighted by Crippen LogP contribution is 2.43. The predicted molar refractivity (Wildman–Crippen MR) is 127 cm³/mol. The molecule has 4 N–H and O–H groups in total. The van der Waals surface area contributed by atoms with Gasteiger partial charge in [-0.3, -0.25) is 4.57 Å². The van der Waals surface area contributed by atoms with Crippen molar-refractivity contribution in [2.45, 2.75) is 31.7 Å². The van der Waals surface area contributed by atoms with Crippen LogP contribution in [0.3, 0.4) is 0 Å². The number of likely N-dealkylation sites (tertiary alicyclic amines) is 1. The van der Waals surface area contributed by atoms with E-state index in [1.54, 1.807) is 0 Å². The van der Waals surface area contributed by atoms with Gasteiger partial charge in [0, 0.05) is 24.3 Å². The van der Waals surface area contributed by atoms with E-state index in [-0.39, 0.29) is 19.2 Å². The number of hydrogen-bond donors (Lipinski definition) is 3. The van der Waals surface area contributed by atoms with Crippen molar-refractivity contribution >= 4 is 24.4 Å². The Morgan fingerprint density at radius 3 is 2.76 bits per heavy atom. The monoisotopic (exact) mass is 471 g/mol. The molecule has 33 heavy (non-hydrogen) atoms. The summed E-state index contributed by atoms with van der Waals surface area (Å²) in [5.74, 6) is 1.84. The maximum atomic E-state index is 11.0. The zero-order valence-electron chi connectivity index (χ0n) is 18.5. The Kier molecular flexibility index (Phi) is 6.14. The minimum atomic E-state index is -4.01. The van der Waals surface area contributed by atoms with Crippen molar-refractivity contribution in [1.82, 2.24) is 19.4 Å². The van der Waals surface area contributed by atoms with Crippen molar-refractivity contribution in [1.29, 1.82) is 0 Å². The lowest BCUT2D eigenvalue weighted by Crippen LogP contribution is -2.43. The van der Waals surface area contributed by atoms with Gasteiger partial charge in [0.25, 0.3) is 0 Å². The van der Waals surface area contributed by atoms with Crippen LogP contribution in [0.2, 0.25) is 0 Å². The lowest BCUT2D eigenvalue weighted by atomic mass is 9.79. The molecule has 2 fully saturated rings. The number of fused-ring (bicyclic) bond motifs is 1. The second kappa shape index (κ2) is 9.06. The van der Waals surface area contributed by atoms with Crippen molar-refractivity contribution < 1.29 is 19.1 Å². The second-order valence-electron chi connectivity index (χ2n) is 9.17. The van der Waals surface area contributed by atoms with Gasteiger partial charge in [-0.25, -0.2) is 9.97 Å². The Hall–Kier alpha value is -2.45. The normalized spacial score (nSPS) is 21.0. The van der Waals surface area contributed by atoms with Crippen LogP contribution in [-0.4, -0.2) is 61.6 Å². The van der Waals surface area contributed by atoms with E-state index >= 15 is 0 Å². The number of anilines is 1. The van der Waals surface area contributed by atoms with Gasteiger partial charge in [-0.15, -0.1) is 0 Å². The molecule has 1 aliphatic heterocycles. The fraction of sp³-hybridized carbons (Fsp3) is 0.478. The molecule has 176 valence electrons. The van der Waals surface area contributed by atoms with Crippen molar-refractivity contribution in [2.24, 2.45) is 5.92 Å². The van der Waals surface area contributed by atoms with Gasteiger partial charge < -0.3 is 29.7 Å². The predicted octanol–water partition coefficient (Wildman–Crippen LogP) is 3.28. The Morgan fingerprint density at radius 1 is 1.21 bits per heavy atom. The summed E-state index contributed by atoms with van der Waals surface area (Å²) in [5, 5.41) is 0.849. The number of aromatic nitrogens is 3. The first kappa shape index (κ1) is 22.3. The molecule has 3 heterocycles. The first-order valence-electron chi connectivity index (χ1n) is 11.5. The van der Waals surface area contributed by atoms with Crippen LogP contribution in [0.15, 0.2) is 36.8 Å². The molecular weight excluding hydrogens is 441 g/mol. The minimum Gasteiger partial charge on any atom is -0.494 e. The maximum Gasteiger partial charge on any atom is 0.325 e. The molecule has 1 saturated heterocycles. The number of nitrogens with two attached hydrogens (primary N) is 1. The van der Waals surface area contributed by atoms with Gasteiger partial charge in [0.15, 0.2) is 0 Å². The lowest BCUT2D eigenvalue weighted by molar-refractivity contribution is 0.0921. The Bertz CT molecular complexity index is 1180. The van der Waals surface area contributed by atoms with E-state index in [2.05, 4.69) is 25.6 Å². The molecule has 1 saturated carbocycles. The Labute approximate surface area is 192 Å². The van der Waals surface area contributed by atoms with Crippen molar-refractivity contribution in [2.75, 3.05) is 38.1 Å². The first-order chi connectivity index (χ1) is 15.9. The van der Waals surface area contributed by atoms with Crippen LogP contribution in [0, 0.1) is 5.92 Å². The van der Waals surface area contributed by atoms with Crippen LogP contribution in [0.1, 0.15) is 31.7 Å². The third-order valence-electron chi connectivity index (χ3n) is 6.72. The van der Waals surface area contributed by atoms with E-state index in [9.17, 15) is 4.57 Å². The standard InChI is InChI=1S/C23H30N5O4P/c24-22-21-20(17-4-1-5-19(12-17)32-8-3-9-33(29,30)31)14-28(23(21)26-15-25-22)18-10-16(11-18)13-27-6-2-7-27/h1,4-5,12,14-16,18H,2-3,6-11,13H2,(H2,24,25,26)(H2,29,30,31)/t16-,18+. The molecule has 5 rings (SSSR count). The third kappa shape index (κ3) is 4.92. The molecule has 0 radical (unpaired) electrons. The molecule has 0 unspecified atom stereocenters. The number of benzene rings is 1. The molecule has 0 bridgehead atoms. The van der Waals surface area contributed by atoms with Crippen molar-refractivity contribution in [3.63, 3.8) is 0 Å². The van der Waals surface area contributed by atoms with E-state index in [4.69, 9.17) is 20.3 Å². The summed E-state index contributed by atoms with van der Waals surface area (Å²) >= 11 is 0. The van der Waals surface area contributed by atoms with Gasteiger partial charge in [-0.2, -0.15) is 0 Å². The fourth-order valence-electron chi connectivity index (χ4n) is 4.83. The van der Waals surface area contributed by atoms with Gasteiger partial charge in [0.2, 0.25) is 0 Å². The average Bonchev–Trinajstić information content (AvgIpc) is 3.09. The zero-order chi connectivity index (χ0) is 23.0. The SMILES string of the molecule is Nc1ncnc2c1c(-c1cccc(OCCCP(=O)(O)O)c1)cn2[C@H]1C[C@@H](CN2CCC2)C1. The van der Waals surface area contributed by atoms with Gasteiger partial charge in [0.1, 0.15) is 23.5 Å². The van der Waals surface area contributed by atoms with Crippen LogP contribution in [0.5, 0.6) is 5.75 Å². The zero-order valence-corrected chi connectivity index (χ0v) is 19.4. The molecule has 0 spiro atoms. The summed E-state index contributed by atoms with van der Waals surface area (Å²) in [7, 11) is -4.01. The second-order valence-corrected chi connectivity index (χ2v) is 10.9. The summed E-state index contributed by atoms with van der Waals surface area (Å²) in [6, 6.07) is 8.09. The lowest BCUT2D eigenvalue weighted by Gasteiger charge is -2.42. The van der Waals surface area contributed by atoms with Crippen molar-refractivity contribution in [3.8, 4) is 16.9 Å². The largest absolute Gasteiger partial charge is 0.494 e. The number of nitrogen functional groups attached to an aromatic ring is 1. The van der Waals surface area contributed by atoms with E-state index in [0.29, 0.717) is 17.6 Å². The third-order valence-corrected chi connectivity index (χ3v) is 7.61.